The minimum Gasteiger partial charge on any atom is -0.478 e. The van der Waals surface area contributed by atoms with Gasteiger partial charge in [0.05, 0.1) is 23.8 Å². The van der Waals surface area contributed by atoms with Gasteiger partial charge in [0.2, 0.25) is 11.8 Å². The molecular weight excluding hydrogens is 519 g/mol. The third-order valence-electron chi connectivity index (χ3n) is 7.80. The Labute approximate surface area is 231 Å². The van der Waals surface area contributed by atoms with E-state index in [1.165, 1.54) is 6.07 Å². The number of amides is 1. The summed E-state index contributed by atoms with van der Waals surface area (Å²) in [5.41, 5.74) is 8.48. The van der Waals surface area contributed by atoms with E-state index in [-0.39, 0.29) is 29.9 Å². The molecule has 1 aromatic heterocycles. The van der Waals surface area contributed by atoms with E-state index in [1.807, 2.05) is 42.2 Å². The smallest absolute Gasteiger partial charge is 0.416 e. The molecule has 2 aromatic carbocycles. The molecule has 2 N–H and O–H groups in total. The molecule has 2 aliphatic rings. The average molecular weight is 550 g/mol. The van der Waals surface area contributed by atoms with E-state index in [1.54, 1.807) is 11.1 Å². The van der Waals surface area contributed by atoms with Crippen LogP contribution < -0.4 is 20.3 Å². The van der Waals surface area contributed by atoms with Gasteiger partial charge in [0, 0.05) is 61.1 Å². The molecule has 1 amide bonds. The maximum atomic E-state index is 13.5. The first-order valence-corrected chi connectivity index (χ1v) is 13.3. The molecule has 0 bridgehead atoms. The standard InChI is InChI=1S/C30H30F3N5O2/c1-2-40-28-24(4-3-11-36-28)21-5-6-25-26(16-21)38(27(39)7-10-34)19-29(25)8-12-37(13-9-29)23-15-20(18-35)14-22(17-23)30(31,32)33/h3-6,11,14-17H,2,7-10,12-13,19,34H2,1H3. The van der Waals surface area contributed by atoms with Crippen molar-refractivity contribution in [3.05, 3.63) is 71.4 Å². The third kappa shape index (κ3) is 5.09. The molecule has 1 saturated heterocycles. The van der Waals surface area contributed by atoms with Gasteiger partial charge >= 0.3 is 6.18 Å². The Morgan fingerprint density at radius 3 is 2.62 bits per heavy atom. The van der Waals surface area contributed by atoms with Crippen molar-refractivity contribution >= 4 is 17.3 Å². The summed E-state index contributed by atoms with van der Waals surface area (Å²) >= 11 is 0. The van der Waals surface area contributed by atoms with Gasteiger partial charge in [-0.15, -0.1) is 0 Å². The molecule has 3 heterocycles. The van der Waals surface area contributed by atoms with Crippen molar-refractivity contribution < 1.29 is 22.7 Å². The van der Waals surface area contributed by atoms with Crippen molar-refractivity contribution in [3.8, 4) is 23.1 Å². The summed E-state index contributed by atoms with van der Waals surface area (Å²) < 4.78 is 46.2. The lowest BCUT2D eigenvalue weighted by molar-refractivity contribution is -0.137. The SMILES string of the molecule is CCOc1ncccc1-c1ccc2c(c1)N(C(=O)CCN)CC21CCN(c2cc(C#N)cc(C(F)(F)F)c2)CC1. The molecule has 1 spiro atoms. The number of hydrogen-bond acceptors (Lipinski definition) is 6. The molecule has 3 aromatic rings. The molecule has 2 aliphatic heterocycles. The maximum Gasteiger partial charge on any atom is 0.416 e. The zero-order chi connectivity index (χ0) is 28.5. The minimum absolute atomic E-state index is 0.0239. The highest BCUT2D eigenvalue weighted by Gasteiger charge is 2.46. The van der Waals surface area contributed by atoms with Crippen LogP contribution in [0.15, 0.2) is 54.7 Å². The fourth-order valence-electron chi connectivity index (χ4n) is 5.83. The second-order valence-corrected chi connectivity index (χ2v) is 10.2. The number of ether oxygens (including phenoxy) is 1. The van der Waals surface area contributed by atoms with Crippen LogP contribution in [0.2, 0.25) is 0 Å². The first kappa shape index (κ1) is 27.5. The summed E-state index contributed by atoms with van der Waals surface area (Å²) in [7, 11) is 0. The van der Waals surface area contributed by atoms with Gasteiger partial charge in [0.15, 0.2) is 0 Å². The van der Waals surface area contributed by atoms with Gasteiger partial charge in [-0.3, -0.25) is 4.79 Å². The van der Waals surface area contributed by atoms with Crippen LogP contribution in [0, 0.1) is 11.3 Å². The number of fused-ring (bicyclic) bond motifs is 2. The van der Waals surface area contributed by atoms with E-state index in [2.05, 4.69) is 11.1 Å². The number of anilines is 2. The summed E-state index contributed by atoms with van der Waals surface area (Å²) in [6, 6.07) is 15.2. The van der Waals surface area contributed by atoms with Gasteiger partial charge in [0.1, 0.15) is 0 Å². The number of pyridine rings is 1. The Balaban J connectivity index is 1.48. The summed E-state index contributed by atoms with van der Waals surface area (Å²) in [5.74, 6) is 0.455. The van der Waals surface area contributed by atoms with E-state index >= 15 is 0 Å². The molecule has 40 heavy (non-hydrogen) atoms. The van der Waals surface area contributed by atoms with Gasteiger partial charge in [0.25, 0.3) is 0 Å². The first-order chi connectivity index (χ1) is 19.2. The summed E-state index contributed by atoms with van der Waals surface area (Å²) in [6.45, 7) is 4.06. The van der Waals surface area contributed by atoms with Crippen LogP contribution >= 0.6 is 0 Å². The monoisotopic (exact) mass is 549 g/mol. The topological polar surface area (TPSA) is 95.5 Å². The van der Waals surface area contributed by atoms with Crippen LogP contribution in [0.3, 0.4) is 0 Å². The van der Waals surface area contributed by atoms with Crippen LogP contribution in [0.1, 0.15) is 42.9 Å². The minimum atomic E-state index is -4.54. The molecular formula is C30H30F3N5O2. The van der Waals surface area contributed by atoms with Crippen molar-refractivity contribution in [1.29, 1.82) is 5.26 Å². The summed E-state index contributed by atoms with van der Waals surface area (Å²) in [6.07, 6.45) is -1.38. The molecule has 5 rings (SSSR count). The van der Waals surface area contributed by atoms with Gasteiger partial charge in [-0.1, -0.05) is 12.1 Å². The Hall–Kier alpha value is -4.10. The van der Waals surface area contributed by atoms with Crippen LogP contribution in [-0.4, -0.2) is 43.7 Å². The number of hydrogen-bond donors (Lipinski definition) is 1. The van der Waals surface area contributed by atoms with Gasteiger partial charge in [-0.05, 0) is 67.3 Å². The van der Waals surface area contributed by atoms with Crippen molar-refractivity contribution in [2.45, 2.75) is 37.8 Å². The molecule has 7 nitrogen and oxygen atoms in total. The van der Waals surface area contributed by atoms with E-state index in [0.29, 0.717) is 50.7 Å². The van der Waals surface area contributed by atoms with Crippen LogP contribution in [-0.2, 0) is 16.4 Å². The Morgan fingerprint density at radius 2 is 1.95 bits per heavy atom. The highest BCUT2D eigenvalue weighted by Crippen LogP contribution is 2.49. The Morgan fingerprint density at radius 1 is 1.18 bits per heavy atom. The fourth-order valence-corrected chi connectivity index (χ4v) is 5.83. The second kappa shape index (κ2) is 10.8. The Kier molecular flexibility index (Phi) is 7.43. The van der Waals surface area contributed by atoms with Gasteiger partial charge in [-0.25, -0.2) is 4.98 Å². The zero-order valence-corrected chi connectivity index (χ0v) is 22.2. The largest absolute Gasteiger partial charge is 0.478 e. The second-order valence-electron chi connectivity index (χ2n) is 10.2. The van der Waals surface area contributed by atoms with Crippen LogP contribution in [0.5, 0.6) is 5.88 Å². The third-order valence-corrected chi connectivity index (χ3v) is 7.80. The van der Waals surface area contributed by atoms with Crippen LogP contribution in [0.4, 0.5) is 24.5 Å². The number of alkyl halides is 3. The number of carbonyl (C=O) groups is 1. The zero-order valence-electron chi connectivity index (χ0n) is 22.2. The van der Waals surface area contributed by atoms with Crippen molar-refractivity contribution in [2.75, 3.05) is 42.6 Å². The number of aromatic nitrogens is 1. The molecule has 0 aliphatic carbocycles. The van der Waals surface area contributed by atoms with Gasteiger partial charge < -0.3 is 20.3 Å². The van der Waals surface area contributed by atoms with E-state index < -0.39 is 11.7 Å². The van der Waals surface area contributed by atoms with Crippen molar-refractivity contribution in [2.24, 2.45) is 5.73 Å². The molecule has 1 fully saturated rings. The number of nitriles is 1. The molecule has 208 valence electrons. The first-order valence-electron chi connectivity index (χ1n) is 13.3. The number of nitrogens with zero attached hydrogens (tertiary/aromatic N) is 4. The molecule has 0 atom stereocenters. The number of rotatable bonds is 6. The normalized spacial score (nSPS) is 16.1. The lowest BCUT2D eigenvalue weighted by atomic mass is 9.74. The lowest BCUT2D eigenvalue weighted by Crippen LogP contribution is -2.46. The number of nitrogens with two attached hydrogens (primary N) is 1. The van der Waals surface area contributed by atoms with Crippen molar-refractivity contribution in [1.82, 2.24) is 4.98 Å². The maximum absolute atomic E-state index is 13.5. The van der Waals surface area contributed by atoms with Crippen LogP contribution in [0.25, 0.3) is 11.1 Å². The van der Waals surface area contributed by atoms with Gasteiger partial charge in [-0.2, -0.15) is 18.4 Å². The molecule has 10 heteroatoms. The molecule has 0 unspecified atom stereocenters. The average Bonchev–Trinajstić information content (AvgIpc) is 3.26. The van der Waals surface area contributed by atoms with E-state index in [0.717, 1.165) is 34.5 Å². The highest BCUT2D eigenvalue weighted by atomic mass is 19.4. The summed E-state index contributed by atoms with van der Waals surface area (Å²) in [4.78, 5) is 21.3. The number of halogens is 3. The molecule has 0 radical (unpaired) electrons. The number of piperidine rings is 1. The highest BCUT2D eigenvalue weighted by molar-refractivity contribution is 5.97. The van der Waals surface area contributed by atoms with E-state index in [9.17, 15) is 23.2 Å². The lowest BCUT2D eigenvalue weighted by Gasteiger charge is -2.41. The summed E-state index contributed by atoms with van der Waals surface area (Å²) in [5, 5.41) is 9.31. The van der Waals surface area contributed by atoms with Crippen molar-refractivity contribution in [3.63, 3.8) is 0 Å². The fraction of sp³-hybridized carbons (Fsp3) is 0.367. The quantitative estimate of drug-likeness (QED) is 0.450. The molecule has 0 saturated carbocycles. The number of carbonyl (C=O) groups excluding carboxylic acids is 1. The predicted molar refractivity (Wildman–Crippen MR) is 146 cm³/mol. The van der Waals surface area contributed by atoms with E-state index in [4.69, 9.17) is 10.5 Å². The Bertz CT molecular complexity index is 1460. The predicted octanol–water partition coefficient (Wildman–Crippen LogP) is 5.27. The number of benzene rings is 2.